The van der Waals surface area contributed by atoms with Gasteiger partial charge in [-0.1, -0.05) is 19.3 Å². The van der Waals surface area contributed by atoms with E-state index in [4.69, 9.17) is 4.74 Å². The highest BCUT2D eigenvalue weighted by Gasteiger charge is 2.34. The lowest BCUT2D eigenvalue weighted by Gasteiger charge is -2.44. The summed E-state index contributed by atoms with van der Waals surface area (Å²) in [4.78, 5) is 14.6. The Kier molecular flexibility index (Phi) is 6.32. The quantitative estimate of drug-likeness (QED) is 0.837. The van der Waals surface area contributed by atoms with Gasteiger partial charge in [-0.05, 0) is 52.9 Å². The summed E-state index contributed by atoms with van der Waals surface area (Å²) in [6.45, 7) is 9.29. The highest BCUT2D eigenvalue weighted by Crippen LogP contribution is 2.28. The Labute approximate surface area is 140 Å². The van der Waals surface area contributed by atoms with Gasteiger partial charge in [0.25, 0.3) is 0 Å². The molecule has 1 saturated heterocycles. The second-order valence-corrected chi connectivity index (χ2v) is 8.33. The SMILES string of the molecule is CC(O)C1CC(NC(=O)OC(C)(C)C)CN(C2CCCCC2)C1. The predicted molar refractivity (Wildman–Crippen MR) is 91.4 cm³/mol. The van der Waals surface area contributed by atoms with Crippen molar-refractivity contribution >= 4 is 6.09 Å². The van der Waals surface area contributed by atoms with E-state index in [1.54, 1.807) is 0 Å². The number of hydrogen-bond donors (Lipinski definition) is 2. The van der Waals surface area contributed by atoms with Crippen LogP contribution in [0.3, 0.4) is 0 Å². The minimum atomic E-state index is -0.481. The predicted octanol–water partition coefficient (Wildman–Crippen LogP) is 2.92. The van der Waals surface area contributed by atoms with Crippen LogP contribution in [0.1, 0.15) is 66.2 Å². The molecule has 0 aromatic rings. The van der Waals surface area contributed by atoms with Gasteiger partial charge in [-0.25, -0.2) is 4.79 Å². The number of carbonyl (C=O) groups is 1. The molecule has 2 fully saturated rings. The van der Waals surface area contributed by atoms with Gasteiger partial charge in [-0.15, -0.1) is 0 Å². The van der Waals surface area contributed by atoms with E-state index >= 15 is 0 Å². The van der Waals surface area contributed by atoms with Crippen molar-refractivity contribution in [3.63, 3.8) is 0 Å². The Bertz CT molecular complexity index is 386. The molecule has 5 nitrogen and oxygen atoms in total. The average molecular weight is 326 g/mol. The Morgan fingerprint density at radius 2 is 1.87 bits per heavy atom. The Morgan fingerprint density at radius 1 is 1.22 bits per heavy atom. The summed E-state index contributed by atoms with van der Waals surface area (Å²) in [6.07, 6.45) is 6.54. The van der Waals surface area contributed by atoms with Crippen molar-refractivity contribution in [3.05, 3.63) is 0 Å². The lowest BCUT2D eigenvalue weighted by Crippen LogP contribution is -2.56. The summed E-state index contributed by atoms with van der Waals surface area (Å²) in [5, 5.41) is 13.1. The van der Waals surface area contributed by atoms with E-state index in [1.807, 2.05) is 27.7 Å². The maximum atomic E-state index is 12.1. The number of aliphatic hydroxyl groups excluding tert-OH is 1. The van der Waals surface area contributed by atoms with Gasteiger partial charge in [0, 0.05) is 25.2 Å². The molecule has 134 valence electrons. The van der Waals surface area contributed by atoms with E-state index < -0.39 is 5.60 Å². The molecule has 3 atom stereocenters. The number of piperidine rings is 1. The average Bonchev–Trinajstić information content (AvgIpc) is 2.45. The third-order valence-electron chi connectivity index (χ3n) is 5.01. The van der Waals surface area contributed by atoms with Crippen LogP contribution in [0.5, 0.6) is 0 Å². The number of nitrogens with zero attached hydrogens (tertiary/aromatic N) is 1. The first-order valence-corrected chi connectivity index (χ1v) is 9.16. The first-order chi connectivity index (χ1) is 10.7. The Morgan fingerprint density at radius 3 is 2.43 bits per heavy atom. The molecule has 3 unspecified atom stereocenters. The summed E-state index contributed by atoms with van der Waals surface area (Å²) in [6, 6.07) is 0.661. The molecule has 0 bridgehead atoms. The van der Waals surface area contributed by atoms with Crippen molar-refractivity contribution < 1.29 is 14.6 Å². The molecule has 0 aromatic heterocycles. The molecular formula is C18H34N2O3. The number of alkyl carbamates (subject to hydrolysis) is 1. The molecule has 1 saturated carbocycles. The zero-order chi connectivity index (χ0) is 17.0. The Hall–Kier alpha value is -0.810. The summed E-state index contributed by atoms with van der Waals surface area (Å²) >= 11 is 0. The first kappa shape index (κ1) is 18.5. The maximum Gasteiger partial charge on any atom is 0.407 e. The van der Waals surface area contributed by atoms with Gasteiger partial charge in [0.2, 0.25) is 0 Å². The summed E-state index contributed by atoms with van der Waals surface area (Å²) in [7, 11) is 0. The van der Waals surface area contributed by atoms with Gasteiger partial charge in [0.1, 0.15) is 5.60 Å². The number of carbonyl (C=O) groups excluding carboxylic acids is 1. The number of nitrogens with one attached hydrogen (secondary N) is 1. The highest BCUT2D eigenvalue weighted by molar-refractivity contribution is 5.68. The topological polar surface area (TPSA) is 61.8 Å². The maximum absolute atomic E-state index is 12.1. The summed E-state index contributed by atoms with van der Waals surface area (Å²) in [5.41, 5.74) is -0.481. The monoisotopic (exact) mass is 326 g/mol. The van der Waals surface area contributed by atoms with Crippen LogP contribution < -0.4 is 5.32 Å². The van der Waals surface area contributed by atoms with Crippen LogP contribution in [0.15, 0.2) is 0 Å². The number of aliphatic hydroxyl groups is 1. The number of likely N-dealkylation sites (tertiary alicyclic amines) is 1. The summed E-state index contributed by atoms with van der Waals surface area (Å²) < 4.78 is 5.39. The van der Waals surface area contributed by atoms with E-state index in [0.717, 1.165) is 19.5 Å². The molecule has 1 aliphatic carbocycles. The number of rotatable bonds is 3. The third-order valence-corrected chi connectivity index (χ3v) is 5.01. The van der Waals surface area contributed by atoms with E-state index in [9.17, 15) is 9.90 Å². The van der Waals surface area contributed by atoms with Crippen LogP contribution >= 0.6 is 0 Å². The second kappa shape index (κ2) is 7.84. The van der Waals surface area contributed by atoms with Gasteiger partial charge in [0.15, 0.2) is 0 Å². The largest absolute Gasteiger partial charge is 0.444 e. The van der Waals surface area contributed by atoms with Crippen LogP contribution in [0, 0.1) is 5.92 Å². The van der Waals surface area contributed by atoms with Gasteiger partial charge in [-0.3, -0.25) is 4.90 Å². The molecule has 2 aliphatic rings. The fraction of sp³-hybridized carbons (Fsp3) is 0.944. The molecule has 5 heteroatoms. The zero-order valence-corrected chi connectivity index (χ0v) is 15.2. The lowest BCUT2D eigenvalue weighted by molar-refractivity contribution is 0.0126. The highest BCUT2D eigenvalue weighted by atomic mass is 16.6. The van der Waals surface area contributed by atoms with Crippen molar-refractivity contribution in [2.45, 2.75) is 90.0 Å². The van der Waals surface area contributed by atoms with Crippen molar-refractivity contribution in [1.29, 1.82) is 0 Å². The van der Waals surface area contributed by atoms with E-state index in [-0.39, 0.29) is 24.2 Å². The molecule has 1 amide bonds. The molecule has 0 radical (unpaired) electrons. The first-order valence-electron chi connectivity index (χ1n) is 9.16. The fourth-order valence-electron chi connectivity index (χ4n) is 3.85. The number of ether oxygens (including phenoxy) is 1. The van der Waals surface area contributed by atoms with Crippen LogP contribution in [-0.4, -0.2) is 53.0 Å². The minimum absolute atomic E-state index is 0.0557. The number of amides is 1. The number of hydrogen-bond acceptors (Lipinski definition) is 4. The van der Waals surface area contributed by atoms with E-state index in [0.29, 0.717) is 6.04 Å². The zero-order valence-electron chi connectivity index (χ0n) is 15.2. The third kappa shape index (κ3) is 5.96. The van der Waals surface area contributed by atoms with E-state index in [1.165, 1.54) is 32.1 Å². The molecule has 1 aliphatic heterocycles. The van der Waals surface area contributed by atoms with Crippen molar-refractivity contribution in [2.75, 3.05) is 13.1 Å². The smallest absolute Gasteiger partial charge is 0.407 e. The summed E-state index contributed by atoms with van der Waals surface area (Å²) in [5.74, 6) is 0.214. The van der Waals surface area contributed by atoms with Crippen LogP contribution in [0.25, 0.3) is 0 Å². The van der Waals surface area contributed by atoms with Crippen molar-refractivity contribution in [1.82, 2.24) is 10.2 Å². The Balaban J connectivity index is 1.96. The van der Waals surface area contributed by atoms with Crippen LogP contribution in [-0.2, 0) is 4.74 Å². The van der Waals surface area contributed by atoms with Gasteiger partial charge < -0.3 is 15.2 Å². The van der Waals surface area contributed by atoms with Gasteiger partial charge in [0.05, 0.1) is 6.10 Å². The molecule has 2 rings (SSSR count). The van der Waals surface area contributed by atoms with Crippen LogP contribution in [0.4, 0.5) is 4.79 Å². The second-order valence-electron chi connectivity index (χ2n) is 8.33. The normalized spacial score (nSPS) is 29.1. The molecule has 2 N–H and O–H groups in total. The molecule has 0 aromatic carbocycles. The lowest BCUT2D eigenvalue weighted by atomic mass is 9.86. The minimum Gasteiger partial charge on any atom is -0.444 e. The van der Waals surface area contributed by atoms with Crippen LogP contribution in [0.2, 0.25) is 0 Å². The molecule has 0 spiro atoms. The van der Waals surface area contributed by atoms with Crippen molar-refractivity contribution in [2.24, 2.45) is 5.92 Å². The standard InChI is InChI=1S/C18H34N2O3/c1-13(21)14-10-15(19-17(22)23-18(2,3)4)12-20(11-14)16-8-6-5-7-9-16/h13-16,21H,5-12H2,1-4H3,(H,19,22). The fourth-order valence-corrected chi connectivity index (χ4v) is 3.85. The van der Waals surface area contributed by atoms with Gasteiger partial charge >= 0.3 is 6.09 Å². The van der Waals surface area contributed by atoms with E-state index in [2.05, 4.69) is 10.2 Å². The molecular weight excluding hydrogens is 292 g/mol. The van der Waals surface area contributed by atoms with Crippen molar-refractivity contribution in [3.8, 4) is 0 Å². The van der Waals surface area contributed by atoms with Gasteiger partial charge in [-0.2, -0.15) is 0 Å². The molecule has 1 heterocycles. The molecule has 23 heavy (non-hydrogen) atoms.